The molecule has 1 amide bonds. The molecule has 8 nitrogen and oxygen atoms in total. The van der Waals surface area contributed by atoms with Crippen molar-refractivity contribution >= 4 is 57.3 Å². The number of para-hydroxylation sites is 1. The van der Waals surface area contributed by atoms with Gasteiger partial charge in [-0.05, 0) is 65.6 Å². The first-order chi connectivity index (χ1) is 15.1. The summed E-state index contributed by atoms with van der Waals surface area (Å²) in [5.74, 6) is 1.06. The zero-order valence-corrected chi connectivity index (χ0v) is 19.0. The lowest BCUT2D eigenvalue weighted by atomic mass is 9.96. The molecule has 1 aromatic carbocycles. The lowest BCUT2D eigenvalue weighted by molar-refractivity contribution is 0.191. The van der Waals surface area contributed by atoms with Gasteiger partial charge in [0.15, 0.2) is 0 Å². The normalized spacial score (nSPS) is 14.8. The molecular weight excluding hydrogens is 507 g/mol. The summed E-state index contributed by atoms with van der Waals surface area (Å²) < 4.78 is 1.08. The second-order valence-corrected chi connectivity index (χ2v) is 8.68. The summed E-state index contributed by atoms with van der Waals surface area (Å²) in [7, 11) is 0. The van der Waals surface area contributed by atoms with Gasteiger partial charge in [0.2, 0.25) is 0 Å². The van der Waals surface area contributed by atoms with E-state index in [-0.39, 0.29) is 0 Å². The van der Waals surface area contributed by atoms with Gasteiger partial charge in [-0.25, -0.2) is 14.8 Å². The summed E-state index contributed by atoms with van der Waals surface area (Å²) in [6.07, 6.45) is 4.37. The number of amides is 1. The van der Waals surface area contributed by atoms with Crippen molar-refractivity contribution in [3.8, 4) is 0 Å². The highest BCUT2D eigenvalue weighted by molar-refractivity contribution is 14.1. The minimum atomic E-state index is -0.956. The summed E-state index contributed by atoms with van der Waals surface area (Å²) >= 11 is 2.23. The van der Waals surface area contributed by atoms with Crippen LogP contribution in [0.1, 0.15) is 18.5 Å². The van der Waals surface area contributed by atoms with Gasteiger partial charge in [0.1, 0.15) is 5.82 Å². The Morgan fingerprint density at radius 3 is 2.87 bits per heavy atom. The van der Waals surface area contributed by atoms with Gasteiger partial charge in [0.05, 0.1) is 23.1 Å². The number of nitrogens with one attached hydrogen (secondary N) is 2. The molecule has 9 heteroatoms. The SMILES string of the molecule is O=C(O)NCC1CCN(c2cccc3ccc(C=NNc4cc(I)ccn4)nc23)CC1. The molecule has 0 atom stereocenters. The third-order valence-corrected chi connectivity index (χ3v) is 5.99. The molecule has 2 aromatic heterocycles. The van der Waals surface area contributed by atoms with E-state index in [0.717, 1.165) is 51.8 Å². The Morgan fingerprint density at radius 2 is 2.10 bits per heavy atom. The van der Waals surface area contributed by atoms with E-state index in [1.54, 1.807) is 12.4 Å². The maximum atomic E-state index is 10.7. The van der Waals surface area contributed by atoms with Gasteiger partial charge < -0.3 is 15.3 Å². The second-order valence-electron chi connectivity index (χ2n) is 7.43. The summed E-state index contributed by atoms with van der Waals surface area (Å²) in [6.45, 7) is 2.27. The van der Waals surface area contributed by atoms with Crippen molar-refractivity contribution in [1.82, 2.24) is 15.3 Å². The monoisotopic (exact) mass is 530 g/mol. The summed E-state index contributed by atoms with van der Waals surface area (Å²) in [5.41, 5.74) is 5.75. The second kappa shape index (κ2) is 9.90. The lowest BCUT2D eigenvalue weighted by Gasteiger charge is -2.34. The van der Waals surface area contributed by atoms with Crippen LogP contribution < -0.4 is 15.6 Å². The van der Waals surface area contributed by atoms with Crippen LogP contribution in [0.4, 0.5) is 16.3 Å². The standard InChI is InChI=1S/C22H23IN6O2/c23-17-6-9-24-20(12-17)28-26-14-18-5-4-16-2-1-3-19(21(16)27-18)29-10-7-15(8-11-29)13-25-22(30)31/h1-6,9,12,14-15,25H,7-8,10-11,13H2,(H,24,28)(H,30,31). The molecule has 31 heavy (non-hydrogen) atoms. The third kappa shape index (κ3) is 5.60. The summed E-state index contributed by atoms with van der Waals surface area (Å²) in [6, 6.07) is 14.1. The molecule has 0 bridgehead atoms. The highest BCUT2D eigenvalue weighted by atomic mass is 127. The van der Waals surface area contributed by atoms with Crippen molar-refractivity contribution in [2.75, 3.05) is 30.0 Å². The molecule has 0 saturated carbocycles. The maximum absolute atomic E-state index is 10.7. The number of benzene rings is 1. The molecule has 0 aliphatic carbocycles. The van der Waals surface area contributed by atoms with Crippen molar-refractivity contribution in [2.45, 2.75) is 12.8 Å². The van der Waals surface area contributed by atoms with Crippen LogP contribution in [0.2, 0.25) is 0 Å². The molecule has 160 valence electrons. The summed E-state index contributed by atoms with van der Waals surface area (Å²) in [4.78, 5) is 22.1. The Morgan fingerprint density at radius 1 is 1.26 bits per heavy atom. The van der Waals surface area contributed by atoms with Gasteiger partial charge in [-0.15, -0.1) is 0 Å². The van der Waals surface area contributed by atoms with Crippen molar-refractivity contribution in [2.24, 2.45) is 11.0 Å². The van der Waals surface area contributed by atoms with Crippen LogP contribution in [0.15, 0.2) is 53.8 Å². The lowest BCUT2D eigenvalue weighted by Crippen LogP contribution is -2.38. The van der Waals surface area contributed by atoms with Gasteiger partial charge >= 0.3 is 6.09 Å². The number of carboxylic acid groups (broad SMARTS) is 1. The topological polar surface area (TPSA) is 103 Å². The smallest absolute Gasteiger partial charge is 0.404 e. The van der Waals surface area contributed by atoms with Crippen LogP contribution >= 0.6 is 22.6 Å². The predicted molar refractivity (Wildman–Crippen MR) is 131 cm³/mol. The fourth-order valence-electron chi connectivity index (χ4n) is 3.71. The zero-order valence-electron chi connectivity index (χ0n) is 16.8. The van der Waals surface area contributed by atoms with Gasteiger partial charge in [-0.2, -0.15) is 5.10 Å². The van der Waals surface area contributed by atoms with Gasteiger partial charge in [0, 0.05) is 34.8 Å². The van der Waals surface area contributed by atoms with Crippen molar-refractivity contribution < 1.29 is 9.90 Å². The Bertz CT molecular complexity index is 1100. The Hall–Kier alpha value is -2.95. The van der Waals surface area contributed by atoms with Crippen LogP contribution in [-0.4, -0.2) is 47.0 Å². The molecule has 3 heterocycles. The van der Waals surface area contributed by atoms with Crippen molar-refractivity contribution in [1.29, 1.82) is 0 Å². The maximum Gasteiger partial charge on any atom is 0.404 e. The first kappa shape index (κ1) is 21.3. The number of hydrazone groups is 1. The molecule has 1 fully saturated rings. The molecule has 3 N–H and O–H groups in total. The molecule has 0 unspecified atom stereocenters. The molecular formula is C22H23IN6O2. The zero-order chi connectivity index (χ0) is 21.6. The average Bonchev–Trinajstić information content (AvgIpc) is 2.78. The fourth-order valence-corrected chi connectivity index (χ4v) is 4.17. The number of aromatic nitrogens is 2. The van der Waals surface area contributed by atoms with Gasteiger partial charge in [-0.1, -0.05) is 18.2 Å². The van der Waals surface area contributed by atoms with E-state index >= 15 is 0 Å². The van der Waals surface area contributed by atoms with E-state index in [9.17, 15) is 4.79 Å². The van der Waals surface area contributed by atoms with E-state index in [2.05, 4.69) is 72.6 Å². The highest BCUT2D eigenvalue weighted by Gasteiger charge is 2.21. The Balaban J connectivity index is 1.47. The van der Waals surface area contributed by atoms with Gasteiger partial charge in [0.25, 0.3) is 0 Å². The van der Waals surface area contributed by atoms with E-state index in [0.29, 0.717) is 18.3 Å². The predicted octanol–water partition coefficient (Wildman–Crippen LogP) is 4.16. The van der Waals surface area contributed by atoms with Crippen LogP contribution in [0.5, 0.6) is 0 Å². The van der Waals surface area contributed by atoms with E-state index in [4.69, 9.17) is 10.1 Å². The first-order valence-corrected chi connectivity index (χ1v) is 11.2. The van der Waals surface area contributed by atoms with Crippen LogP contribution in [0.25, 0.3) is 10.9 Å². The van der Waals surface area contributed by atoms with E-state index in [1.807, 2.05) is 18.2 Å². The number of pyridine rings is 2. The first-order valence-electron chi connectivity index (χ1n) is 10.1. The minimum absolute atomic E-state index is 0.374. The summed E-state index contributed by atoms with van der Waals surface area (Å²) in [5, 5.41) is 16.7. The third-order valence-electron chi connectivity index (χ3n) is 5.32. The van der Waals surface area contributed by atoms with Crippen molar-refractivity contribution in [3.63, 3.8) is 0 Å². The number of nitrogens with zero attached hydrogens (tertiary/aromatic N) is 4. The molecule has 1 saturated heterocycles. The van der Waals surface area contributed by atoms with E-state index < -0.39 is 6.09 Å². The molecule has 1 aliphatic heterocycles. The van der Waals surface area contributed by atoms with Crippen molar-refractivity contribution in [3.05, 3.63) is 57.9 Å². The number of rotatable bonds is 6. The number of fused-ring (bicyclic) bond motifs is 1. The Labute approximate surface area is 193 Å². The highest BCUT2D eigenvalue weighted by Crippen LogP contribution is 2.29. The fraction of sp³-hybridized carbons (Fsp3) is 0.273. The van der Waals surface area contributed by atoms with Gasteiger partial charge in [-0.3, -0.25) is 5.43 Å². The Kier molecular flexibility index (Phi) is 6.80. The molecule has 0 radical (unpaired) electrons. The van der Waals surface area contributed by atoms with Crippen LogP contribution in [-0.2, 0) is 0 Å². The molecule has 3 aromatic rings. The quantitative estimate of drug-likeness (QED) is 0.251. The largest absolute Gasteiger partial charge is 0.465 e. The number of hydrogen-bond acceptors (Lipinski definition) is 6. The number of hydrogen-bond donors (Lipinski definition) is 3. The van der Waals surface area contributed by atoms with Crippen LogP contribution in [0, 0.1) is 9.49 Å². The minimum Gasteiger partial charge on any atom is -0.465 e. The van der Waals surface area contributed by atoms with E-state index in [1.165, 1.54) is 0 Å². The molecule has 0 spiro atoms. The van der Waals surface area contributed by atoms with Crippen LogP contribution in [0.3, 0.4) is 0 Å². The molecule has 1 aliphatic rings. The number of piperidine rings is 1. The molecule has 4 rings (SSSR count). The number of anilines is 2. The number of carbonyl (C=O) groups is 1. The number of halogens is 1. The average molecular weight is 530 g/mol.